The molecule has 8 nitrogen and oxygen atoms in total. The lowest BCUT2D eigenvalue weighted by atomic mass is 9.91. The van der Waals surface area contributed by atoms with E-state index in [0.29, 0.717) is 5.56 Å². The van der Waals surface area contributed by atoms with Crippen LogP contribution in [0.4, 0.5) is 0 Å². The lowest BCUT2D eigenvalue weighted by Crippen LogP contribution is -2.30. The minimum atomic E-state index is -3.77. The maximum Gasteiger partial charge on any atom is 0.304 e. The van der Waals surface area contributed by atoms with Gasteiger partial charge in [-0.15, -0.1) is 0 Å². The molecule has 2 unspecified atom stereocenters. The van der Waals surface area contributed by atoms with Gasteiger partial charge in [0, 0.05) is 6.54 Å². The molecule has 0 aromatic heterocycles. The molecule has 1 aromatic carbocycles. The first-order valence-electron chi connectivity index (χ1n) is 8.44. The molecule has 4 rings (SSSR count). The van der Waals surface area contributed by atoms with E-state index in [4.69, 9.17) is 0 Å². The van der Waals surface area contributed by atoms with Gasteiger partial charge >= 0.3 is 10.2 Å². The van der Waals surface area contributed by atoms with Crippen molar-refractivity contribution < 1.29 is 22.8 Å². The Morgan fingerprint density at radius 3 is 1.89 bits per heavy atom. The summed E-state index contributed by atoms with van der Waals surface area (Å²) in [5.74, 6) is -1.81. The summed E-state index contributed by atoms with van der Waals surface area (Å²) < 4.78 is 26.5. The number of nitrogens with zero attached hydrogens (tertiary/aromatic N) is 2. The highest BCUT2D eigenvalue weighted by Gasteiger charge is 2.45. The number of carbonyl (C=O) groups is 3. The van der Waals surface area contributed by atoms with Crippen molar-refractivity contribution in [2.75, 3.05) is 6.54 Å². The molecule has 27 heavy (non-hydrogen) atoms. The lowest BCUT2D eigenvalue weighted by Gasteiger charge is -2.16. The number of benzene rings is 1. The van der Waals surface area contributed by atoms with E-state index in [-0.39, 0.29) is 31.4 Å². The van der Waals surface area contributed by atoms with E-state index in [1.807, 2.05) is 4.72 Å². The maximum atomic E-state index is 12.5. The Balaban J connectivity index is 1.45. The molecule has 2 heterocycles. The predicted molar refractivity (Wildman–Crippen MR) is 94.7 cm³/mol. The van der Waals surface area contributed by atoms with Crippen molar-refractivity contribution in [3.63, 3.8) is 0 Å². The summed E-state index contributed by atoms with van der Waals surface area (Å²) in [7, 11) is -3.77. The normalized spacial score (nSPS) is 26.5. The molecule has 3 amide bonds. The summed E-state index contributed by atoms with van der Waals surface area (Å²) in [4.78, 5) is 37.4. The smallest absolute Gasteiger partial charge is 0.277 e. The van der Waals surface area contributed by atoms with E-state index < -0.39 is 28.0 Å². The maximum absolute atomic E-state index is 12.5. The van der Waals surface area contributed by atoms with Crippen LogP contribution in [0.5, 0.6) is 0 Å². The van der Waals surface area contributed by atoms with Crippen LogP contribution < -0.4 is 4.72 Å². The zero-order chi connectivity index (χ0) is 19.2. The van der Waals surface area contributed by atoms with Crippen LogP contribution in [-0.4, -0.2) is 41.9 Å². The zero-order valence-electron chi connectivity index (χ0n) is 14.2. The molecule has 1 aliphatic carbocycles. The van der Waals surface area contributed by atoms with Crippen LogP contribution in [0.3, 0.4) is 0 Å². The van der Waals surface area contributed by atoms with Crippen LogP contribution in [0.2, 0.25) is 0 Å². The third-order valence-electron chi connectivity index (χ3n) is 4.86. The molecule has 2 saturated heterocycles. The monoisotopic (exact) mass is 387 g/mol. The first-order chi connectivity index (χ1) is 12.8. The van der Waals surface area contributed by atoms with Crippen molar-refractivity contribution in [3.05, 3.63) is 59.7 Å². The van der Waals surface area contributed by atoms with Gasteiger partial charge < -0.3 is 0 Å². The Morgan fingerprint density at radius 1 is 0.889 bits per heavy atom. The van der Waals surface area contributed by atoms with E-state index in [1.165, 1.54) is 4.90 Å². The number of carbonyl (C=O) groups excluding carboxylic acids is 3. The largest absolute Gasteiger partial charge is 0.304 e. The zero-order valence-corrected chi connectivity index (χ0v) is 15.1. The number of fused-ring (bicyclic) bond motifs is 1. The van der Waals surface area contributed by atoms with Crippen LogP contribution in [0.15, 0.2) is 48.6 Å². The highest BCUT2D eigenvalue weighted by molar-refractivity contribution is 7.88. The molecule has 1 aromatic rings. The Morgan fingerprint density at radius 2 is 1.41 bits per heavy atom. The molecule has 9 heteroatoms. The van der Waals surface area contributed by atoms with Gasteiger partial charge in [-0.1, -0.05) is 48.6 Å². The SMILES string of the molecule is O=C1CN(Cc2ccc(CN3C(=O)C4C=CC=CC4C3=O)cc2)S(=O)(=O)N1. The number of allylic oxidation sites excluding steroid dienone is 2. The quantitative estimate of drug-likeness (QED) is 0.738. The topological polar surface area (TPSA) is 104 Å². The third kappa shape index (κ3) is 3.19. The van der Waals surface area contributed by atoms with Crippen molar-refractivity contribution in [3.8, 4) is 0 Å². The van der Waals surface area contributed by atoms with Crippen LogP contribution in [0, 0.1) is 11.8 Å². The molecule has 2 atom stereocenters. The minimum Gasteiger partial charge on any atom is -0.277 e. The molecule has 3 aliphatic rings. The van der Waals surface area contributed by atoms with Crippen LogP contribution in [0.1, 0.15) is 11.1 Å². The molecule has 2 aliphatic heterocycles. The Labute approximate surface area is 156 Å². The number of amides is 3. The van der Waals surface area contributed by atoms with Crippen LogP contribution in [0.25, 0.3) is 0 Å². The predicted octanol–water partition coefficient (Wildman–Crippen LogP) is 0.0904. The van der Waals surface area contributed by atoms with E-state index in [0.717, 1.165) is 9.87 Å². The summed E-state index contributed by atoms with van der Waals surface area (Å²) in [6, 6.07) is 6.96. The molecule has 1 N–H and O–H groups in total. The van der Waals surface area contributed by atoms with Gasteiger partial charge in [-0.25, -0.2) is 4.72 Å². The van der Waals surface area contributed by atoms with Gasteiger partial charge in [0.25, 0.3) is 0 Å². The summed E-state index contributed by atoms with van der Waals surface area (Å²) in [5, 5.41) is 0. The Kier molecular flexibility index (Phi) is 4.20. The second-order valence-electron chi connectivity index (χ2n) is 6.70. The fourth-order valence-corrected chi connectivity index (χ4v) is 4.55. The van der Waals surface area contributed by atoms with Crippen molar-refractivity contribution in [1.82, 2.24) is 13.9 Å². The fraction of sp³-hybridized carbons (Fsp3) is 0.278. The van der Waals surface area contributed by atoms with Crippen molar-refractivity contribution >= 4 is 27.9 Å². The summed E-state index contributed by atoms with van der Waals surface area (Å²) >= 11 is 0. The molecule has 0 saturated carbocycles. The summed E-state index contributed by atoms with van der Waals surface area (Å²) in [6.07, 6.45) is 7.05. The number of rotatable bonds is 4. The van der Waals surface area contributed by atoms with Crippen molar-refractivity contribution in [2.45, 2.75) is 13.1 Å². The molecule has 0 radical (unpaired) electrons. The van der Waals surface area contributed by atoms with Gasteiger partial charge in [-0.2, -0.15) is 12.7 Å². The van der Waals surface area contributed by atoms with E-state index in [1.54, 1.807) is 48.6 Å². The van der Waals surface area contributed by atoms with Gasteiger partial charge in [0.05, 0.1) is 24.9 Å². The third-order valence-corrected chi connectivity index (χ3v) is 6.29. The summed E-state index contributed by atoms with van der Waals surface area (Å²) in [5.41, 5.74) is 1.47. The highest BCUT2D eigenvalue weighted by atomic mass is 32.2. The van der Waals surface area contributed by atoms with Gasteiger partial charge in [-0.05, 0) is 11.1 Å². The van der Waals surface area contributed by atoms with Gasteiger partial charge in [0.1, 0.15) is 0 Å². The average Bonchev–Trinajstić information content (AvgIpc) is 3.03. The molecule has 0 bridgehead atoms. The molecule has 2 fully saturated rings. The van der Waals surface area contributed by atoms with E-state index in [2.05, 4.69) is 0 Å². The lowest BCUT2D eigenvalue weighted by molar-refractivity contribution is -0.140. The number of hydrogen-bond acceptors (Lipinski definition) is 5. The summed E-state index contributed by atoms with van der Waals surface area (Å²) in [6.45, 7) is 0.0437. The average molecular weight is 387 g/mol. The number of likely N-dealkylation sites (tertiary alicyclic amines) is 1. The number of imide groups is 1. The van der Waals surface area contributed by atoms with E-state index >= 15 is 0 Å². The van der Waals surface area contributed by atoms with Crippen molar-refractivity contribution in [2.24, 2.45) is 11.8 Å². The minimum absolute atomic E-state index is 0.0721. The molecular formula is C18H17N3O5S. The Bertz CT molecular complexity index is 951. The van der Waals surface area contributed by atoms with Gasteiger partial charge in [0.2, 0.25) is 17.7 Å². The second kappa shape index (κ2) is 6.43. The van der Waals surface area contributed by atoms with Crippen LogP contribution in [-0.2, 0) is 37.7 Å². The number of nitrogens with one attached hydrogen (secondary N) is 1. The standard InChI is InChI=1S/C18H17N3O5S/c22-16-11-20(27(25,26)19-16)9-12-5-7-13(8-6-12)10-21-17(23)14-3-1-2-4-15(14)18(21)24/h1-8,14-15H,9-11H2,(H,19,22). The second-order valence-corrected chi connectivity index (χ2v) is 8.37. The van der Waals surface area contributed by atoms with E-state index in [9.17, 15) is 22.8 Å². The first kappa shape index (κ1) is 17.6. The highest BCUT2D eigenvalue weighted by Crippen LogP contribution is 2.32. The first-order valence-corrected chi connectivity index (χ1v) is 9.88. The molecule has 0 spiro atoms. The van der Waals surface area contributed by atoms with Crippen molar-refractivity contribution in [1.29, 1.82) is 0 Å². The molecular weight excluding hydrogens is 370 g/mol. The Hall–Kier alpha value is -2.78. The fourth-order valence-electron chi connectivity index (χ4n) is 3.47. The molecule has 140 valence electrons. The van der Waals surface area contributed by atoms with Gasteiger partial charge in [0.15, 0.2) is 0 Å². The van der Waals surface area contributed by atoms with Gasteiger partial charge in [-0.3, -0.25) is 19.3 Å². The number of hydrogen-bond donors (Lipinski definition) is 1. The van der Waals surface area contributed by atoms with Crippen LogP contribution >= 0.6 is 0 Å².